The fourth-order valence-corrected chi connectivity index (χ4v) is 2.99. The number of unbranched alkanes of at least 4 members (excludes halogenated alkanes) is 13. The third-order valence-corrected chi connectivity index (χ3v) is 4.60. The number of hydrogen-bond acceptors (Lipinski definition) is 4. The third kappa shape index (κ3) is 19.3. The number of carbonyl (C=O) groups excluding carboxylic acids is 2. The SMILES string of the molecule is CCCCCCCCCCCCCCCCOC(=O)CCC(=O)OCC. The lowest BCUT2D eigenvalue weighted by Gasteiger charge is -2.05. The molecule has 0 atom stereocenters. The van der Waals surface area contributed by atoms with E-state index in [4.69, 9.17) is 9.47 Å². The van der Waals surface area contributed by atoms with Crippen LogP contribution in [0, 0.1) is 0 Å². The predicted molar refractivity (Wildman–Crippen MR) is 107 cm³/mol. The molecule has 26 heavy (non-hydrogen) atoms. The first-order valence-corrected chi connectivity index (χ1v) is 11.0. The Morgan fingerprint density at radius 2 is 0.923 bits per heavy atom. The van der Waals surface area contributed by atoms with E-state index >= 15 is 0 Å². The van der Waals surface area contributed by atoms with Crippen molar-refractivity contribution < 1.29 is 19.1 Å². The molecule has 4 nitrogen and oxygen atoms in total. The lowest BCUT2D eigenvalue weighted by atomic mass is 10.0. The van der Waals surface area contributed by atoms with Gasteiger partial charge in [-0.1, -0.05) is 90.4 Å². The average molecular weight is 371 g/mol. The first-order chi connectivity index (χ1) is 12.7. The minimum Gasteiger partial charge on any atom is -0.466 e. The first kappa shape index (κ1) is 24.9. The lowest BCUT2D eigenvalue weighted by Crippen LogP contribution is -2.10. The van der Waals surface area contributed by atoms with Gasteiger partial charge in [-0.05, 0) is 13.3 Å². The van der Waals surface area contributed by atoms with E-state index in [0.717, 1.165) is 12.8 Å². The van der Waals surface area contributed by atoms with Crippen molar-refractivity contribution in [3.05, 3.63) is 0 Å². The van der Waals surface area contributed by atoms with Gasteiger partial charge in [0.15, 0.2) is 0 Å². The molecule has 0 aromatic heterocycles. The smallest absolute Gasteiger partial charge is 0.306 e. The van der Waals surface area contributed by atoms with Crippen molar-refractivity contribution in [1.82, 2.24) is 0 Å². The summed E-state index contributed by atoms with van der Waals surface area (Å²) in [5.41, 5.74) is 0. The van der Waals surface area contributed by atoms with E-state index in [0.29, 0.717) is 13.2 Å². The molecule has 0 amide bonds. The van der Waals surface area contributed by atoms with Crippen LogP contribution >= 0.6 is 0 Å². The van der Waals surface area contributed by atoms with E-state index in [2.05, 4.69) is 6.92 Å². The van der Waals surface area contributed by atoms with E-state index in [1.165, 1.54) is 77.0 Å². The van der Waals surface area contributed by atoms with Crippen molar-refractivity contribution >= 4 is 11.9 Å². The molecule has 0 aliphatic heterocycles. The molecule has 0 aromatic rings. The predicted octanol–water partition coefficient (Wildman–Crippen LogP) is 6.35. The first-order valence-electron chi connectivity index (χ1n) is 11.0. The van der Waals surface area contributed by atoms with Crippen molar-refractivity contribution in [3.8, 4) is 0 Å². The summed E-state index contributed by atoms with van der Waals surface area (Å²) in [6.45, 7) is 4.85. The molecule has 0 heterocycles. The molecule has 0 aromatic carbocycles. The zero-order valence-electron chi connectivity index (χ0n) is 17.4. The van der Waals surface area contributed by atoms with Gasteiger partial charge in [0, 0.05) is 0 Å². The molecule has 0 fully saturated rings. The summed E-state index contributed by atoms with van der Waals surface area (Å²) < 4.78 is 9.91. The monoisotopic (exact) mass is 370 g/mol. The second kappa shape index (κ2) is 20.3. The Morgan fingerprint density at radius 3 is 1.35 bits per heavy atom. The summed E-state index contributed by atoms with van der Waals surface area (Å²) in [6.07, 6.45) is 18.6. The standard InChI is InChI=1S/C22H42O4/c1-3-5-6-7-8-9-10-11-12-13-14-15-16-17-20-26-22(24)19-18-21(23)25-4-2/h3-20H2,1-2H3. The van der Waals surface area contributed by atoms with Crippen LogP contribution in [0.2, 0.25) is 0 Å². The van der Waals surface area contributed by atoms with Gasteiger partial charge in [-0.15, -0.1) is 0 Å². The minimum absolute atomic E-state index is 0.116. The van der Waals surface area contributed by atoms with Crippen LogP contribution < -0.4 is 0 Å². The summed E-state index contributed by atoms with van der Waals surface area (Å²) >= 11 is 0. The fraction of sp³-hybridized carbons (Fsp3) is 0.909. The van der Waals surface area contributed by atoms with Crippen LogP contribution in [0.1, 0.15) is 117 Å². The topological polar surface area (TPSA) is 52.6 Å². The highest BCUT2D eigenvalue weighted by Crippen LogP contribution is 2.13. The maximum Gasteiger partial charge on any atom is 0.306 e. The number of hydrogen-bond donors (Lipinski definition) is 0. The number of ether oxygens (including phenoxy) is 2. The van der Waals surface area contributed by atoms with Crippen molar-refractivity contribution in [2.75, 3.05) is 13.2 Å². The molecule has 154 valence electrons. The zero-order chi connectivity index (χ0) is 19.3. The largest absolute Gasteiger partial charge is 0.466 e. The van der Waals surface area contributed by atoms with Crippen LogP contribution in [0.5, 0.6) is 0 Å². The zero-order valence-corrected chi connectivity index (χ0v) is 17.4. The molecule has 0 unspecified atom stereocenters. The summed E-state index contributed by atoms with van der Waals surface area (Å²) in [7, 11) is 0. The van der Waals surface area contributed by atoms with Crippen molar-refractivity contribution in [1.29, 1.82) is 0 Å². The van der Waals surface area contributed by atoms with E-state index < -0.39 is 0 Å². The Balaban J connectivity index is 3.17. The van der Waals surface area contributed by atoms with Gasteiger partial charge in [-0.25, -0.2) is 0 Å². The summed E-state index contributed by atoms with van der Waals surface area (Å²) in [5, 5.41) is 0. The Morgan fingerprint density at radius 1 is 0.538 bits per heavy atom. The Kier molecular flexibility index (Phi) is 19.4. The van der Waals surface area contributed by atoms with Crippen LogP contribution in [0.15, 0.2) is 0 Å². The highest BCUT2D eigenvalue weighted by atomic mass is 16.5. The van der Waals surface area contributed by atoms with Gasteiger partial charge in [-0.2, -0.15) is 0 Å². The van der Waals surface area contributed by atoms with E-state index in [1.807, 2.05) is 0 Å². The molecule has 0 saturated heterocycles. The third-order valence-electron chi connectivity index (χ3n) is 4.60. The second-order valence-electron chi connectivity index (χ2n) is 7.12. The lowest BCUT2D eigenvalue weighted by molar-refractivity contribution is -0.150. The van der Waals surface area contributed by atoms with Crippen molar-refractivity contribution in [3.63, 3.8) is 0 Å². The summed E-state index contributed by atoms with van der Waals surface area (Å²) in [4.78, 5) is 22.6. The fourth-order valence-electron chi connectivity index (χ4n) is 2.99. The molecular weight excluding hydrogens is 328 g/mol. The van der Waals surface area contributed by atoms with Gasteiger partial charge in [0.1, 0.15) is 0 Å². The van der Waals surface area contributed by atoms with Gasteiger partial charge in [-0.3, -0.25) is 9.59 Å². The van der Waals surface area contributed by atoms with Crippen LogP contribution in [0.4, 0.5) is 0 Å². The molecule has 0 radical (unpaired) electrons. The van der Waals surface area contributed by atoms with Crippen LogP contribution in [0.3, 0.4) is 0 Å². The Bertz CT molecular complexity index is 328. The van der Waals surface area contributed by atoms with Crippen LogP contribution in [-0.2, 0) is 19.1 Å². The number of carbonyl (C=O) groups is 2. The molecule has 0 rings (SSSR count). The normalized spacial score (nSPS) is 10.7. The van der Waals surface area contributed by atoms with E-state index in [9.17, 15) is 9.59 Å². The van der Waals surface area contributed by atoms with Gasteiger partial charge in [0.25, 0.3) is 0 Å². The van der Waals surface area contributed by atoms with Crippen molar-refractivity contribution in [2.45, 2.75) is 117 Å². The molecule has 0 aliphatic rings. The number of esters is 2. The molecule has 0 N–H and O–H groups in total. The van der Waals surface area contributed by atoms with Crippen molar-refractivity contribution in [2.24, 2.45) is 0 Å². The van der Waals surface area contributed by atoms with Gasteiger partial charge in [0.2, 0.25) is 0 Å². The molecule has 0 aliphatic carbocycles. The quantitative estimate of drug-likeness (QED) is 0.196. The number of rotatable bonds is 19. The molecule has 0 bridgehead atoms. The summed E-state index contributed by atoms with van der Waals surface area (Å²) in [5.74, 6) is -0.631. The highest BCUT2D eigenvalue weighted by Gasteiger charge is 2.08. The maximum absolute atomic E-state index is 11.5. The molecule has 0 saturated carbocycles. The van der Waals surface area contributed by atoms with Gasteiger partial charge >= 0.3 is 11.9 Å². The Hall–Kier alpha value is -1.06. The average Bonchev–Trinajstić information content (AvgIpc) is 2.63. The second-order valence-corrected chi connectivity index (χ2v) is 7.12. The van der Waals surface area contributed by atoms with Gasteiger partial charge < -0.3 is 9.47 Å². The van der Waals surface area contributed by atoms with E-state index in [1.54, 1.807) is 6.92 Å². The summed E-state index contributed by atoms with van der Waals surface area (Å²) in [6, 6.07) is 0. The van der Waals surface area contributed by atoms with Gasteiger partial charge in [0.05, 0.1) is 26.1 Å². The maximum atomic E-state index is 11.5. The highest BCUT2D eigenvalue weighted by molar-refractivity contribution is 5.77. The van der Waals surface area contributed by atoms with E-state index in [-0.39, 0.29) is 24.8 Å². The molecule has 0 spiro atoms. The Labute approximate surface area is 161 Å². The van der Waals surface area contributed by atoms with Crippen LogP contribution in [0.25, 0.3) is 0 Å². The van der Waals surface area contributed by atoms with Crippen LogP contribution in [-0.4, -0.2) is 25.2 Å². The molecule has 4 heteroatoms. The molecular formula is C22H42O4. The minimum atomic E-state index is -0.332.